The Morgan fingerprint density at radius 3 is 2.94 bits per heavy atom. The van der Waals surface area contributed by atoms with Crippen LogP contribution in [0.2, 0.25) is 0 Å². The molecule has 1 N–H and O–H groups in total. The van der Waals surface area contributed by atoms with E-state index in [1.165, 1.54) is 25.0 Å². The maximum absolute atomic E-state index is 13.6. The summed E-state index contributed by atoms with van der Waals surface area (Å²) in [5.41, 5.74) is 0.527. The summed E-state index contributed by atoms with van der Waals surface area (Å²) >= 11 is 0. The van der Waals surface area contributed by atoms with Crippen LogP contribution in [-0.4, -0.2) is 24.2 Å². The molecule has 0 aliphatic carbocycles. The Balaban J connectivity index is 2.11. The average Bonchev–Trinajstić information content (AvgIpc) is 2.77. The number of rotatable bonds is 4. The summed E-state index contributed by atoms with van der Waals surface area (Å²) in [5.74, 6) is -1.19. The molecule has 1 fully saturated rings. The molecule has 0 saturated carbocycles. The van der Waals surface area contributed by atoms with Crippen molar-refractivity contribution in [2.45, 2.75) is 26.2 Å². The molecule has 1 saturated heterocycles. The molecule has 0 radical (unpaired) electrons. The van der Waals surface area contributed by atoms with Gasteiger partial charge in [0.25, 0.3) is 0 Å². The van der Waals surface area contributed by atoms with E-state index in [1.54, 1.807) is 6.07 Å². The predicted octanol–water partition coefficient (Wildman–Crippen LogP) is 3.15. The van der Waals surface area contributed by atoms with Gasteiger partial charge in [-0.25, -0.2) is 9.18 Å². The predicted molar refractivity (Wildman–Crippen MR) is 68.6 cm³/mol. The molecule has 3 nitrogen and oxygen atoms in total. The van der Waals surface area contributed by atoms with Gasteiger partial charge in [0.05, 0.1) is 5.56 Å². The maximum atomic E-state index is 13.6. The van der Waals surface area contributed by atoms with Crippen molar-refractivity contribution in [3.05, 3.63) is 29.6 Å². The molecule has 1 atom stereocenters. The van der Waals surface area contributed by atoms with Crippen molar-refractivity contribution in [2.24, 2.45) is 5.92 Å². The van der Waals surface area contributed by atoms with Gasteiger partial charge in [0.1, 0.15) is 5.82 Å². The summed E-state index contributed by atoms with van der Waals surface area (Å²) in [4.78, 5) is 12.9. The highest BCUT2D eigenvalue weighted by Gasteiger charge is 2.23. The molecular formula is C14H18FNO2. The van der Waals surface area contributed by atoms with Gasteiger partial charge in [0.15, 0.2) is 0 Å². The van der Waals surface area contributed by atoms with Crippen LogP contribution in [0, 0.1) is 11.7 Å². The van der Waals surface area contributed by atoms with Gasteiger partial charge in [0, 0.05) is 18.8 Å². The molecule has 18 heavy (non-hydrogen) atoms. The fraction of sp³-hybridized carbons (Fsp3) is 0.500. The van der Waals surface area contributed by atoms with E-state index in [-0.39, 0.29) is 5.56 Å². The Morgan fingerprint density at radius 1 is 1.56 bits per heavy atom. The van der Waals surface area contributed by atoms with Crippen molar-refractivity contribution < 1.29 is 14.3 Å². The number of carbonyl (C=O) groups is 1. The van der Waals surface area contributed by atoms with Gasteiger partial charge in [-0.05, 0) is 37.0 Å². The van der Waals surface area contributed by atoms with Gasteiger partial charge in [-0.15, -0.1) is 0 Å². The lowest BCUT2D eigenvalue weighted by Gasteiger charge is -2.19. The van der Waals surface area contributed by atoms with Crippen LogP contribution in [0.1, 0.15) is 36.5 Å². The largest absolute Gasteiger partial charge is 0.478 e. The third-order valence-corrected chi connectivity index (χ3v) is 3.53. The summed E-state index contributed by atoms with van der Waals surface area (Å²) in [6.45, 7) is 4.04. The minimum atomic E-state index is -1.22. The Kier molecular flexibility index (Phi) is 3.84. The standard InChI is InChI=1S/C14H18FNO2/c1-2-3-10-6-7-16(9-10)11-4-5-12(14(17)18)13(15)8-11/h4-5,8,10H,2-3,6-7,9H2,1H3,(H,17,18). The quantitative estimate of drug-likeness (QED) is 0.893. The second-order valence-electron chi connectivity index (χ2n) is 4.86. The lowest BCUT2D eigenvalue weighted by atomic mass is 10.0. The van der Waals surface area contributed by atoms with Crippen molar-refractivity contribution in [1.29, 1.82) is 0 Å². The number of carboxylic acid groups (broad SMARTS) is 1. The molecular weight excluding hydrogens is 233 g/mol. The molecule has 4 heteroatoms. The smallest absolute Gasteiger partial charge is 0.338 e. The van der Waals surface area contributed by atoms with Crippen LogP contribution in [0.15, 0.2) is 18.2 Å². The molecule has 98 valence electrons. The Labute approximate surface area is 106 Å². The van der Waals surface area contributed by atoms with E-state index in [1.807, 2.05) is 0 Å². The summed E-state index contributed by atoms with van der Waals surface area (Å²) in [6.07, 6.45) is 3.51. The van der Waals surface area contributed by atoms with Gasteiger partial charge in [-0.2, -0.15) is 0 Å². The molecule has 1 aliphatic heterocycles. The van der Waals surface area contributed by atoms with E-state index in [2.05, 4.69) is 11.8 Å². The first-order chi connectivity index (χ1) is 8.61. The minimum absolute atomic E-state index is 0.261. The van der Waals surface area contributed by atoms with Crippen LogP contribution < -0.4 is 4.90 Å². The fourth-order valence-corrected chi connectivity index (χ4v) is 2.59. The minimum Gasteiger partial charge on any atom is -0.478 e. The Morgan fingerprint density at radius 2 is 2.33 bits per heavy atom. The number of hydrogen-bond acceptors (Lipinski definition) is 2. The van der Waals surface area contributed by atoms with Gasteiger partial charge in [0.2, 0.25) is 0 Å². The molecule has 0 bridgehead atoms. The van der Waals surface area contributed by atoms with E-state index in [9.17, 15) is 9.18 Å². The SMILES string of the molecule is CCCC1CCN(c2ccc(C(=O)O)c(F)c2)C1. The van der Waals surface area contributed by atoms with Crippen molar-refractivity contribution in [3.8, 4) is 0 Å². The van der Waals surface area contributed by atoms with Crippen molar-refractivity contribution in [1.82, 2.24) is 0 Å². The van der Waals surface area contributed by atoms with Crippen LogP contribution in [0.3, 0.4) is 0 Å². The third-order valence-electron chi connectivity index (χ3n) is 3.53. The van der Waals surface area contributed by atoms with E-state index in [4.69, 9.17) is 5.11 Å². The first-order valence-corrected chi connectivity index (χ1v) is 6.39. The van der Waals surface area contributed by atoms with Crippen molar-refractivity contribution >= 4 is 11.7 Å². The number of anilines is 1. The average molecular weight is 251 g/mol. The summed E-state index contributed by atoms with van der Waals surface area (Å²) in [6, 6.07) is 4.37. The van der Waals surface area contributed by atoms with Gasteiger partial charge in [-0.3, -0.25) is 0 Å². The summed E-state index contributed by atoms with van der Waals surface area (Å²) in [5, 5.41) is 8.78. The molecule has 0 spiro atoms. The number of halogens is 1. The normalized spacial score (nSPS) is 19.2. The molecule has 0 aromatic heterocycles. The zero-order chi connectivity index (χ0) is 13.1. The van der Waals surface area contributed by atoms with Crippen molar-refractivity contribution in [3.63, 3.8) is 0 Å². The van der Waals surface area contributed by atoms with E-state index in [0.717, 1.165) is 25.2 Å². The van der Waals surface area contributed by atoms with Gasteiger partial charge < -0.3 is 10.0 Å². The van der Waals surface area contributed by atoms with E-state index in [0.29, 0.717) is 5.92 Å². The highest BCUT2D eigenvalue weighted by Crippen LogP contribution is 2.27. The number of carboxylic acids is 1. The van der Waals surface area contributed by atoms with E-state index < -0.39 is 11.8 Å². The van der Waals surface area contributed by atoms with Gasteiger partial charge >= 0.3 is 5.97 Å². The zero-order valence-corrected chi connectivity index (χ0v) is 10.5. The van der Waals surface area contributed by atoms with Gasteiger partial charge in [-0.1, -0.05) is 13.3 Å². The van der Waals surface area contributed by atoms with Crippen LogP contribution in [-0.2, 0) is 0 Å². The Hall–Kier alpha value is -1.58. The zero-order valence-electron chi connectivity index (χ0n) is 10.5. The number of aromatic carboxylic acids is 1. The highest BCUT2D eigenvalue weighted by atomic mass is 19.1. The topological polar surface area (TPSA) is 40.5 Å². The number of nitrogens with zero attached hydrogens (tertiary/aromatic N) is 1. The second kappa shape index (κ2) is 5.38. The first kappa shape index (κ1) is 12.9. The summed E-state index contributed by atoms with van der Waals surface area (Å²) in [7, 11) is 0. The monoisotopic (exact) mass is 251 g/mol. The number of benzene rings is 1. The second-order valence-corrected chi connectivity index (χ2v) is 4.86. The molecule has 1 aliphatic rings. The van der Waals surface area contributed by atoms with E-state index >= 15 is 0 Å². The Bertz CT molecular complexity index is 447. The maximum Gasteiger partial charge on any atom is 0.338 e. The third kappa shape index (κ3) is 2.63. The van der Waals surface area contributed by atoms with Crippen molar-refractivity contribution in [2.75, 3.05) is 18.0 Å². The molecule has 1 aromatic carbocycles. The molecule has 0 amide bonds. The summed E-state index contributed by atoms with van der Waals surface area (Å²) < 4.78 is 13.6. The fourth-order valence-electron chi connectivity index (χ4n) is 2.59. The van der Waals surface area contributed by atoms with Crippen LogP contribution in [0.25, 0.3) is 0 Å². The lowest BCUT2D eigenvalue weighted by Crippen LogP contribution is -2.20. The lowest BCUT2D eigenvalue weighted by molar-refractivity contribution is 0.0692. The number of hydrogen-bond donors (Lipinski definition) is 1. The molecule has 1 unspecified atom stereocenters. The van der Waals surface area contributed by atoms with Crippen LogP contribution in [0.4, 0.5) is 10.1 Å². The van der Waals surface area contributed by atoms with Crippen LogP contribution >= 0.6 is 0 Å². The molecule has 1 aromatic rings. The van der Waals surface area contributed by atoms with Crippen LogP contribution in [0.5, 0.6) is 0 Å². The molecule has 1 heterocycles. The first-order valence-electron chi connectivity index (χ1n) is 6.39. The highest BCUT2D eigenvalue weighted by molar-refractivity contribution is 5.88. The molecule has 2 rings (SSSR count).